The van der Waals surface area contributed by atoms with E-state index in [1.807, 2.05) is 0 Å². The van der Waals surface area contributed by atoms with Crippen LogP contribution in [0.1, 0.15) is 39.3 Å². The van der Waals surface area contributed by atoms with E-state index in [2.05, 4.69) is 4.98 Å². The van der Waals surface area contributed by atoms with Crippen molar-refractivity contribution in [3.63, 3.8) is 0 Å². The molecular weight excluding hydrogens is 270 g/mol. The van der Waals surface area contributed by atoms with Crippen LogP contribution in [0.25, 0.3) is 10.9 Å². The van der Waals surface area contributed by atoms with E-state index in [0.29, 0.717) is 4.57 Å². The fourth-order valence-electron chi connectivity index (χ4n) is 2.20. The van der Waals surface area contributed by atoms with Crippen molar-refractivity contribution in [1.82, 2.24) is 9.55 Å². The van der Waals surface area contributed by atoms with Crippen LogP contribution in [0.3, 0.4) is 0 Å². The lowest BCUT2D eigenvalue weighted by Gasteiger charge is -2.24. The molecule has 0 aliphatic heterocycles. The Bertz CT molecular complexity index is 1040. The maximum Gasteiger partial charge on any atom is 0.264 e. The van der Waals surface area contributed by atoms with Gasteiger partial charge in [0.15, 0.2) is 5.78 Å². The summed E-state index contributed by atoms with van der Waals surface area (Å²) >= 11 is 0. The van der Waals surface area contributed by atoms with Crippen molar-refractivity contribution < 1.29 is 17.8 Å². The fraction of sp³-hybridized carbons (Fsp3) is 0.333. The van der Waals surface area contributed by atoms with Gasteiger partial charge >= 0.3 is 0 Å². The number of ketones is 2. The van der Waals surface area contributed by atoms with Gasteiger partial charge in [-0.15, -0.1) is 0 Å². The average Bonchev–Trinajstić information content (AvgIpc) is 2.58. The molecule has 0 amide bonds. The first-order chi connectivity index (χ1) is 12.4. The molecule has 1 aromatic heterocycles. The van der Waals surface area contributed by atoms with Crippen LogP contribution in [0.2, 0.25) is 0 Å². The molecule has 21 heavy (non-hydrogen) atoms. The number of carbonyl (C=O) groups is 2. The van der Waals surface area contributed by atoms with Gasteiger partial charge in [0.05, 0.1) is 24.7 Å². The molecule has 1 saturated carbocycles. The number of benzene rings is 1. The third kappa shape index (κ3) is 2.12. The lowest BCUT2D eigenvalue weighted by atomic mass is 9.92. The number of carbonyl (C=O) groups excluding carboxylic acids is 2. The van der Waals surface area contributed by atoms with Crippen LogP contribution in [-0.4, -0.2) is 21.1 Å². The predicted molar refractivity (Wildman–Crippen MR) is 78.1 cm³/mol. The Morgan fingerprint density at radius 2 is 2.29 bits per heavy atom. The number of aromatic nitrogens is 2. The summed E-state index contributed by atoms with van der Waals surface area (Å²) in [5.41, 5.74) is 4.71. The Balaban J connectivity index is 2.49. The number of anilines is 1. The van der Waals surface area contributed by atoms with Crippen LogP contribution in [0.15, 0.2) is 23.0 Å². The molecule has 2 aromatic rings. The van der Waals surface area contributed by atoms with Crippen molar-refractivity contribution in [2.75, 3.05) is 5.73 Å². The van der Waals surface area contributed by atoms with Crippen molar-refractivity contribution in [3.8, 4) is 0 Å². The van der Waals surface area contributed by atoms with Gasteiger partial charge in [-0.1, -0.05) is 6.07 Å². The van der Waals surface area contributed by atoms with Gasteiger partial charge in [0.1, 0.15) is 11.6 Å². The van der Waals surface area contributed by atoms with Crippen LogP contribution < -0.4 is 11.3 Å². The second-order valence-electron chi connectivity index (χ2n) is 4.56. The average molecular weight is 291 g/mol. The van der Waals surface area contributed by atoms with Crippen molar-refractivity contribution in [3.05, 3.63) is 34.4 Å². The molecule has 3 rings (SSSR count). The van der Waals surface area contributed by atoms with Gasteiger partial charge in [-0.3, -0.25) is 19.0 Å². The van der Waals surface area contributed by atoms with Gasteiger partial charge in [-0.25, -0.2) is 4.98 Å². The first-order valence-corrected chi connectivity index (χ1v) is 6.09. The monoisotopic (exact) mass is 291 g/mol. The fourth-order valence-corrected chi connectivity index (χ4v) is 2.20. The van der Waals surface area contributed by atoms with Gasteiger partial charge < -0.3 is 5.73 Å². The van der Waals surface area contributed by atoms with Gasteiger partial charge in [0.25, 0.3) is 5.56 Å². The number of rotatable bonds is 1. The maximum atomic E-state index is 13.1. The van der Waals surface area contributed by atoms with Crippen LogP contribution in [0.4, 0.5) is 5.69 Å². The lowest BCUT2D eigenvalue weighted by molar-refractivity contribution is -0.132. The van der Waals surface area contributed by atoms with Gasteiger partial charge in [0.2, 0.25) is 0 Å². The van der Waals surface area contributed by atoms with Crippen molar-refractivity contribution in [1.29, 1.82) is 0 Å². The molecule has 2 N–H and O–H groups in total. The standard InChI is InChI=1S/C15H15N3O3/c1-8-17-11-4-2-3-10(16)14(11)15(21)18(8)12-6-5-9(19)7-13(12)20/h2-4,12H,5-7,16H2,1H3/i1D2,5D,6D2,12D. The number of nitrogens with zero attached hydrogens (tertiary/aromatic N) is 2. The topological polar surface area (TPSA) is 95.0 Å². The number of aryl methyl sites for hydroxylation is 1. The van der Waals surface area contributed by atoms with E-state index < -0.39 is 55.0 Å². The van der Waals surface area contributed by atoms with E-state index in [4.69, 9.17) is 14.0 Å². The number of nitrogens with two attached hydrogens (primary N) is 1. The highest BCUT2D eigenvalue weighted by atomic mass is 16.2. The maximum absolute atomic E-state index is 13.1. The molecule has 0 bridgehead atoms. The highest BCUT2D eigenvalue weighted by Crippen LogP contribution is 2.24. The van der Waals surface area contributed by atoms with Crippen molar-refractivity contribution in [2.24, 2.45) is 0 Å². The number of nitrogen functional groups attached to an aromatic ring is 1. The third-order valence-corrected chi connectivity index (χ3v) is 3.15. The Kier molecular flexibility index (Phi) is 1.84. The molecule has 6 heteroatoms. The Labute approximate surface area is 129 Å². The number of hydrogen-bond acceptors (Lipinski definition) is 5. The second-order valence-corrected chi connectivity index (χ2v) is 4.56. The number of fused-ring (bicyclic) bond motifs is 1. The summed E-state index contributed by atoms with van der Waals surface area (Å²) in [5, 5.41) is -0.199. The van der Waals surface area contributed by atoms with Gasteiger partial charge in [-0.2, -0.15) is 0 Å². The molecule has 0 saturated heterocycles. The molecule has 1 aliphatic carbocycles. The zero-order chi connectivity index (χ0) is 20.3. The molecule has 1 heterocycles. The van der Waals surface area contributed by atoms with Gasteiger partial charge in [0, 0.05) is 18.9 Å². The van der Waals surface area contributed by atoms with Crippen molar-refractivity contribution in [2.45, 2.75) is 32.1 Å². The van der Waals surface area contributed by atoms with Crippen LogP contribution in [0.5, 0.6) is 0 Å². The zero-order valence-corrected chi connectivity index (χ0v) is 10.8. The summed E-state index contributed by atoms with van der Waals surface area (Å²) in [4.78, 5) is 41.4. The summed E-state index contributed by atoms with van der Waals surface area (Å²) in [5.74, 6) is -2.91. The van der Waals surface area contributed by atoms with E-state index in [-0.39, 0.29) is 16.6 Å². The van der Waals surface area contributed by atoms with Crippen LogP contribution >= 0.6 is 0 Å². The SMILES string of the molecule is [2H]C([2H])c1nc2cccc(N)c2c(=O)n1C1([2H])C(=O)CC(=O)C([2H])C1([2H])[2H]. The zero-order valence-electron chi connectivity index (χ0n) is 16.8. The van der Waals surface area contributed by atoms with E-state index >= 15 is 0 Å². The quantitative estimate of drug-likeness (QED) is 0.628. The normalized spacial score (nSPS) is 32.9. The van der Waals surface area contributed by atoms with Crippen LogP contribution in [-0.2, 0) is 9.59 Å². The Morgan fingerprint density at radius 1 is 1.48 bits per heavy atom. The minimum absolute atomic E-state index is 0.0293. The first kappa shape index (κ1) is 8.07. The Morgan fingerprint density at radius 3 is 3.05 bits per heavy atom. The Hall–Kier alpha value is -2.50. The van der Waals surface area contributed by atoms with Gasteiger partial charge in [-0.05, 0) is 25.4 Å². The lowest BCUT2D eigenvalue weighted by Crippen LogP contribution is -2.36. The molecule has 2 unspecified atom stereocenters. The smallest absolute Gasteiger partial charge is 0.264 e. The first-order valence-electron chi connectivity index (χ1n) is 9.32. The number of hydrogen-bond donors (Lipinski definition) is 1. The molecule has 0 radical (unpaired) electrons. The predicted octanol–water partition coefficient (Wildman–Crippen LogP) is 1.15. The molecule has 1 fully saturated rings. The summed E-state index contributed by atoms with van der Waals surface area (Å²) in [7, 11) is 0. The molecule has 0 spiro atoms. The minimum atomic E-state index is -3.09. The van der Waals surface area contributed by atoms with E-state index in [1.165, 1.54) is 18.2 Å². The molecule has 108 valence electrons. The van der Waals surface area contributed by atoms with Crippen LogP contribution in [0, 0.1) is 6.88 Å². The highest BCUT2D eigenvalue weighted by molar-refractivity contribution is 6.03. The third-order valence-electron chi connectivity index (χ3n) is 3.15. The molecule has 6 nitrogen and oxygen atoms in total. The minimum Gasteiger partial charge on any atom is -0.398 e. The summed E-state index contributed by atoms with van der Waals surface area (Å²) in [6.45, 7) is -1.93. The molecular formula is C15H15N3O3. The van der Waals surface area contributed by atoms with E-state index in [1.54, 1.807) is 0 Å². The second kappa shape index (κ2) is 4.80. The molecule has 2 atom stereocenters. The molecule has 1 aliphatic rings. The molecule has 1 aromatic carbocycles. The summed E-state index contributed by atoms with van der Waals surface area (Å²) < 4.78 is 48.1. The summed E-state index contributed by atoms with van der Waals surface area (Å²) in [6.07, 6.45) is -6.09. The van der Waals surface area contributed by atoms with Crippen molar-refractivity contribution >= 4 is 28.2 Å². The summed E-state index contributed by atoms with van der Waals surface area (Å²) in [6, 6.07) is 1.22. The highest BCUT2D eigenvalue weighted by Gasteiger charge is 2.30. The van der Waals surface area contributed by atoms with E-state index in [9.17, 15) is 14.4 Å². The number of Topliss-reactive ketones (excluding diaryl/α,β-unsaturated/α-hetero) is 2. The largest absolute Gasteiger partial charge is 0.398 e. The van der Waals surface area contributed by atoms with E-state index in [0.717, 1.165) is 0 Å².